The number of aromatic nitrogens is 4. The first-order valence-corrected chi connectivity index (χ1v) is 13.3. The third kappa shape index (κ3) is 4.90. The molecule has 0 radical (unpaired) electrons. The minimum Gasteiger partial charge on any atom is -0.387 e. The van der Waals surface area contributed by atoms with Gasteiger partial charge < -0.3 is 39.1 Å². The van der Waals surface area contributed by atoms with E-state index < -0.39 is 59.7 Å². The van der Waals surface area contributed by atoms with E-state index in [9.17, 15) is 33.4 Å². The Morgan fingerprint density at radius 1 is 1.24 bits per heavy atom. The lowest BCUT2D eigenvalue weighted by Crippen LogP contribution is -2.44. The van der Waals surface area contributed by atoms with Gasteiger partial charge in [0.1, 0.15) is 23.6 Å². The number of hydrogen-bond acceptors (Lipinski definition) is 12. The minimum atomic E-state index is -5.71. The average Bonchev–Trinajstić information content (AvgIpc) is 3.27. The van der Waals surface area contributed by atoms with Crippen molar-refractivity contribution in [2.75, 3.05) is 13.2 Å². The maximum atomic E-state index is 12.0. The molecule has 6 atom stereocenters. The lowest BCUT2D eigenvalue weighted by molar-refractivity contribution is -0.183. The summed E-state index contributed by atoms with van der Waals surface area (Å²) >= 11 is 0. The molecule has 0 saturated carbocycles. The van der Waals surface area contributed by atoms with Crippen LogP contribution in [-0.4, -0.2) is 75.2 Å². The molecule has 184 valence electrons. The largest absolute Gasteiger partial charge is 0.490 e. The van der Waals surface area contributed by atoms with Crippen molar-refractivity contribution in [2.24, 2.45) is 0 Å². The van der Waals surface area contributed by atoms with Crippen LogP contribution in [0.5, 0.6) is 0 Å². The second-order valence-corrected chi connectivity index (χ2v) is 11.6. The van der Waals surface area contributed by atoms with Crippen molar-refractivity contribution in [2.45, 2.75) is 31.0 Å². The van der Waals surface area contributed by atoms with Gasteiger partial charge in [0, 0.05) is 0 Å². The Morgan fingerprint density at radius 3 is 2.61 bits per heavy atom. The first-order chi connectivity index (χ1) is 15.1. The van der Waals surface area contributed by atoms with E-state index in [4.69, 9.17) is 19.3 Å². The molecule has 21 heteroatoms. The number of fused-ring (bicyclic) bond motifs is 3. The van der Waals surface area contributed by atoms with Gasteiger partial charge in [-0.25, -0.2) is 23.7 Å². The van der Waals surface area contributed by atoms with E-state index in [0.29, 0.717) is 0 Å². The van der Waals surface area contributed by atoms with Crippen molar-refractivity contribution in [3.8, 4) is 0 Å². The van der Waals surface area contributed by atoms with Crippen LogP contribution in [0.25, 0.3) is 11.2 Å². The summed E-state index contributed by atoms with van der Waals surface area (Å²) in [6, 6.07) is 0. The van der Waals surface area contributed by atoms with Crippen LogP contribution in [0.1, 0.15) is 12.1 Å². The standard InChI is InChI=1S/C12H17N4O14P3/c1-5-14-9-6(10(18)15-5)13-4-16(9)11-7-8(17)12(28-11,2-26-7)3-27-32(22,23)30-33(24,25)29-31(19,20)21/h4,7-8,11,17H,2-3H2,1H3,(H,22,23)(H,24,25)(H,14,15,18)(H2,19,20,21)/t7?,8-,11-,12+/m1/s1. The molecule has 33 heavy (non-hydrogen) atoms. The summed E-state index contributed by atoms with van der Waals surface area (Å²) in [5.74, 6) is 0.279. The molecule has 2 saturated heterocycles. The van der Waals surface area contributed by atoms with Crippen molar-refractivity contribution < 1.29 is 61.0 Å². The molecule has 2 bridgehead atoms. The van der Waals surface area contributed by atoms with E-state index in [2.05, 4.69) is 28.1 Å². The Morgan fingerprint density at radius 2 is 1.94 bits per heavy atom. The van der Waals surface area contributed by atoms with Gasteiger partial charge in [0.15, 0.2) is 17.4 Å². The zero-order valence-corrected chi connectivity index (χ0v) is 19.0. The van der Waals surface area contributed by atoms with Gasteiger partial charge in [0.2, 0.25) is 0 Å². The van der Waals surface area contributed by atoms with Gasteiger partial charge in [-0.2, -0.15) is 8.62 Å². The molecule has 4 heterocycles. The first-order valence-electron chi connectivity index (χ1n) is 8.81. The second kappa shape index (κ2) is 8.10. The first kappa shape index (κ1) is 24.8. The molecule has 18 nitrogen and oxygen atoms in total. The summed E-state index contributed by atoms with van der Waals surface area (Å²) in [7, 11) is -16.7. The van der Waals surface area contributed by atoms with Crippen molar-refractivity contribution >= 4 is 34.6 Å². The van der Waals surface area contributed by atoms with E-state index >= 15 is 0 Å². The second-order valence-electron chi connectivity index (χ2n) is 7.13. The number of aliphatic hydroxyl groups is 1. The summed E-state index contributed by atoms with van der Waals surface area (Å²) < 4.78 is 58.7. The topological polar surface area (TPSA) is 262 Å². The number of ether oxygens (including phenoxy) is 2. The van der Waals surface area contributed by atoms with Gasteiger partial charge in [0.25, 0.3) is 5.56 Å². The Labute approximate surface area is 182 Å². The number of aromatic amines is 1. The number of phosphoric acid groups is 3. The number of nitrogens with one attached hydrogen (secondary N) is 1. The van der Waals surface area contributed by atoms with Gasteiger partial charge in [0.05, 0.1) is 19.5 Å². The molecule has 6 N–H and O–H groups in total. The van der Waals surface area contributed by atoms with Crippen molar-refractivity contribution in [1.82, 2.24) is 19.5 Å². The van der Waals surface area contributed by atoms with Crippen LogP contribution in [0.2, 0.25) is 0 Å². The Balaban J connectivity index is 1.52. The SMILES string of the molecule is Cc1nc2c(ncn2[C@@H]2O[C@]3(COP(=O)(O)OP(=O)(O)OP(=O)(O)O)COC2[C@H]3O)c(=O)[nH]1. The quantitative estimate of drug-likeness (QED) is 0.217. The maximum absolute atomic E-state index is 12.0. The predicted octanol–water partition coefficient (Wildman–Crippen LogP) is -1.20. The maximum Gasteiger partial charge on any atom is 0.490 e. The smallest absolute Gasteiger partial charge is 0.387 e. The van der Waals surface area contributed by atoms with E-state index in [0.717, 1.165) is 0 Å². The Hall–Kier alpha value is -1.36. The fraction of sp³-hybridized carbons (Fsp3) is 0.583. The van der Waals surface area contributed by atoms with Crippen LogP contribution >= 0.6 is 23.5 Å². The molecule has 0 aliphatic carbocycles. The van der Waals surface area contributed by atoms with Crippen LogP contribution in [0.4, 0.5) is 0 Å². The van der Waals surface area contributed by atoms with Gasteiger partial charge in [-0.1, -0.05) is 0 Å². The summed E-state index contributed by atoms with van der Waals surface area (Å²) in [6.07, 6.45) is -2.33. The zero-order valence-electron chi connectivity index (χ0n) is 16.3. The van der Waals surface area contributed by atoms with Crippen LogP contribution in [-0.2, 0) is 36.3 Å². The highest BCUT2D eigenvalue weighted by molar-refractivity contribution is 7.66. The zero-order chi connectivity index (χ0) is 24.4. The fourth-order valence-corrected chi connectivity index (χ4v) is 6.53. The number of rotatable bonds is 8. The van der Waals surface area contributed by atoms with E-state index in [1.165, 1.54) is 17.8 Å². The van der Waals surface area contributed by atoms with E-state index in [1.54, 1.807) is 0 Å². The van der Waals surface area contributed by atoms with Crippen LogP contribution in [0, 0.1) is 6.92 Å². The Bertz CT molecular complexity index is 1290. The van der Waals surface area contributed by atoms with E-state index in [1.807, 2.05) is 0 Å². The summed E-state index contributed by atoms with van der Waals surface area (Å²) in [4.78, 5) is 58.7. The highest BCUT2D eigenvalue weighted by Gasteiger charge is 2.63. The number of phosphoric ester groups is 1. The molecular formula is C12H17N4O14P3. The summed E-state index contributed by atoms with van der Waals surface area (Å²) in [5.41, 5.74) is -2.16. The molecule has 4 rings (SSSR count). The number of aliphatic hydroxyl groups excluding tert-OH is 1. The molecule has 0 spiro atoms. The average molecular weight is 534 g/mol. The highest BCUT2D eigenvalue weighted by Crippen LogP contribution is 2.66. The highest BCUT2D eigenvalue weighted by atomic mass is 31.3. The molecule has 2 aromatic rings. The molecule has 0 aromatic carbocycles. The number of nitrogens with zero attached hydrogens (tertiary/aromatic N) is 3. The molecular weight excluding hydrogens is 517 g/mol. The van der Waals surface area contributed by atoms with Crippen LogP contribution < -0.4 is 5.56 Å². The van der Waals surface area contributed by atoms with Crippen molar-refractivity contribution in [3.63, 3.8) is 0 Å². The lowest BCUT2D eigenvalue weighted by atomic mass is 10.0. The fourth-order valence-electron chi connectivity index (χ4n) is 3.46. The van der Waals surface area contributed by atoms with Crippen molar-refractivity contribution in [3.05, 3.63) is 22.5 Å². The van der Waals surface area contributed by atoms with Gasteiger partial charge in [-0.05, 0) is 6.92 Å². The molecule has 2 fully saturated rings. The number of aryl methyl sites for hydroxylation is 1. The molecule has 2 aromatic heterocycles. The predicted molar refractivity (Wildman–Crippen MR) is 101 cm³/mol. The van der Waals surface area contributed by atoms with Crippen LogP contribution in [0.15, 0.2) is 11.1 Å². The van der Waals surface area contributed by atoms with Crippen molar-refractivity contribution in [1.29, 1.82) is 0 Å². The van der Waals surface area contributed by atoms with Crippen LogP contribution in [0.3, 0.4) is 0 Å². The minimum absolute atomic E-state index is 0.0104. The lowest BCUT2D eigenvalue weighted by Gasteiger charge is -2.31. The monoisotopic (exact) mass is 534 g/mol. The molecule has 3 unspecified atom stereocenters. The number of imidazole rings is 1. The third-order valence-electron chi connectivity index (χ3n) is 4.72. The number of hydrogen-bond donors (Lipinski definition) is 6. The van der Waals surface area contributed by atoms with E-state index in [-0.39, 0.29) is 23.6 Å². The van der Waals surface area contributed by atoms with Gasteiger partial charge in [-0.15, -0.1) is 0 Å². The normalized spacial score (nSPS) is 31.0. The Kier molecular flexibility index (Phi) is 6.08. The summed E-state index contributed by atoms with van der Waals surface area (Å²) in [5, 5.41) is 10.6. The molecule has 2 aliphatic rings. The van der Waals surface area contributed by atoms with Gasteiger partial charge >= 0.3 is 23.5 Å². The number of H-pyrrole nitrogens is 1. The molecule has 2 aliphatic heterocycles. The van der Waals surface area contributed by atoms with Gasteiger partial charge in [-0.3, -0.25) is 13.9 Å². The summed E-state index contributed by atoms with van der Waals surface area (Å²) in [6.45, 7) is 0.296. The third-order valence-corrected chi connectivity index (χ3v) is 8.50. The molecule has 0 amide bonds.